The van der Waals surface area contributed by atoms with Crippen molar-refractivity contribution >= 4 is 30.9 Å². The second-order valence-corrected chi connectivity index (χ2v) is 11.4. The monoisotopic (exact) mass is 554 g/mol. The van der Waals surface area contributed by atoms with Crippen LogP contribution in [0.25, 0.3) is 17.2 Å². The highest BCUT2D eigenvalue weighted by atomic mass is 16.7. The second-order valence-electron chi connectivity index (χ2n) is 11.4. The van der Waals surface area contributed by atoms with Crippen molar-refractivity contribution in [3.8, 4) is 11.1 Å². The van der Waals surface area contributed by atoms with E-state index in [1.165, 1.54) is 7.11 Å². The molecule has 0 aromatic heterocycles. The van der Waals surface area contributed by atoms with E-state index in [0.29, 0.717) is 22.3 Å². The van der Waals surface area contributed by atoms with Gasteiger partial charge in [-0.05, 0) is 79.2 Å². The number of carbonyl (C=O) groups excluding carboxylic acids is 2. The number of hydrogen-bond donors (Lipinski definition) is 2. The van der Waals surface area contributed by atoms with E-state index in [-0.39, 0.29) is 19.1 Å². The lowest BCUT2D eigenvalue weighted by Gasteiger charge is -2.32. The third-order valence-electron chi connectivity index (χ3n) is 8.09. The summed E-state index contributed by atoms with van der Waals surface area (Å²) >= 11 is 0. The Morgan fingerprint density at radius 2 is 1.54 bits per heavy atom. The highest BCUT2D eigenvalue weighted by molar-refractivity contribution is 6.56. The summed E-state index contributed by atoms with van der Waals surface area (Å²) in [6.07, 6.45) is 1.24. The highest BCUT2D eigenvalue weighted by Crippen LogP contribution is 2.44. The van der Waals surface area contributed by atoms with Crippen molar-refractivity contribution in [2.45, 2.75) is 44.8 Å². The lowest BCUT2D eigenvalue weighted by atomic mass is 9.77. The maximum atomic E-state index is 13.0. The largest absolute Gasteiger partial charge is 0.492 e. The number of amides is 1. The van der Waals surface area contributed by atoms with Crippen LogP contribution in [-0.2, 0) is 18.8 Å². The summed E-state index contributed by atoms with van der Waals surface area (Å²) in [5.41, 5.74) is 11.5. The first-order chi connectivity index (χ1) is 19.5. The van der Waals surface area contributed by atoms with Crippen LogP contribution in [-0.4, -0.2) is 50.6 Å². The molecule has 1 aliphatic heterocycles. The van der Waals surface area contributed by atoms with Crippen LogP contribution in [0.2, 0.25) is 0 Å². The molecule has 3 aromatic carbocycles. The van der Waals surface area contributed by atoms with Gasteiger partial charge in [0.1, 0.15) is 6.61 Å². The van der Waals surface area contributed by atoms with Crippen LogP contribution in [0.4, 0.5) is 10.5 Å². The molecule has 5 rings (SSSR count). The quantitative estimate of drug-likeness (QED) is 0.222. The number of fused-ring (bicyclic) bond motifs is 3. The number of carbonyl (C=O) groups is 2. The Bertz CT molecular complexity index is 1450. The number of benzene rings is 3. The molecule has 0 bridgehead atoms. The van der Waals surface area contributed by atoms with Gasteiger partial charge >= 0.3 is 19.2 Å². The fourth-order valence-corrected chi connectivity index (χ4v) is 5.23. The standard InChI is InChI=1S/C32H35BN2O6/c1-31(2)32(3,4)41-33(40-31)22(15-20-14-21(29(36)38-5)17-23(34)16-20)18-35-30(37)39-19-28-26-12-8-6-10-24(26)25-11-7-9-13-27(25)28/h6-17,28H,18-19,34H2,1-5H3,(H,35,37). The normalized spacial score (nSPS) is 17.1. The minimum Gasteiger partial charge on any atom is -0.465 e. The number of methoxy groups -OCH3 is 1. The van der Waals surface area contributed by atoms with Crippen molar-refractivity contribution < 1.29 is 28.4 Å². The number of rotatable bonds is 7. The van der Waals surface area contributed by atoms with Crippen LogP contribution < -0.4 is 11.1 Å². The zero-order chi connectivity index (χ0) is 29.4. The molecule has 1 fully saturated rings. The predicted octanol–water partition coefficient (Wildman–Crippen LogP) is 5.61. The summed E-state index contributed by atoms with van der Waals surface area (Å²) in [4.78, 5) is 25.1. The number of esters is 1. The first-order valence-corrected chi connectivity index (χ1v) is 13.6. The number of alkyl carbamates (subject to hydrolysis) is 1. The molecule has 212 valence electrons. The molecule has 41 heavy (non-hydrogen) atoms. The molecule has 1 amide bonds. The Balaban J connectivity index is 1.34. The molecule has 3 aromatic rings. The number of ether oxygens (including phenoxy) is 2. The van der Waals surface area contributed by atoms with Crippen molar-refractivity contribution in [3.05, 3.63) is 94.5 Å². The number of anilines is 1. The Kier molecular flexibility index (Phi) is 7.68. The number of hydrogen-bond acceptors (Lipinski definition) is 7. The Morgan fingerprint density at radius 1 is 0.951 bits per heavy atom. The average Bonchev–Trinajstić information content (AvgIpc) is 3.37. The van der Waals surface area contributed by atoms with Gasteiger partial charge in [0.25, 0.3) is 0 Å². The third-order valence-corrected chi connectivity index (χ3v) is 8.09. The highest BCUT2D eigenvalue weighted by Gasteiger charge is 2.52. The number of nitrogen functional groups attached to an aromatic ring is 1. The molecule has 1 saturated heterocycles. The van der Waals surface area contributed by atoms with Crippen molar-refractivity contribution in [2.75, 3.05) is 26.0 Å². The minimum absolute atomic E-state index is 0.0460. The maximum absolute atomic E-state index is 13.0. The topological polar surface area (TPSA) is 109 Å². The molecule has 0 atom stereocenters. The van der Waals surface area contributed by atoms with Gasteiger partial charge in [0.2, 0.25) is 0 Å². The van der Waals surface area contributed by atoms with Crippen LogP contribution in [0.15, 0.2) is 72.2 Å². The smallest absolute Gasteiger partial charge is 0.465 e. The van der Waals surface area contributed by atoms with Crippen LogP contribution >= 0.6 is 0 Å². The van der Waals surface area contributed by atoms with E-state index in [2.05, 4.69) is 29.6 Å². The molecule has 0 unspecified atom stereocenters. The molecule has 3 N–H and O–H groups in total. The number of nitrogens with one attached hydrogen (secondary N) is 1. The predicted molar refractivity (Wildman–Crippen MR) is 159 cm³/mol. The number of nitrogens with two attached hydrogens (primary N) is 1. The molecule has 1 aliphatic carbocycles. The van der Waals surface area contributed by atoms with Crippen molar-refractivity contribution in [1.29, 1.82) is 0 Å². The van der Waals surface area contributed by atoms with Gasteiger partial charge in [-0.2, -0.15) is 0 Å². The molecule has 9 heteroatoms. The van der Waals surface area contributed by atoms with Gasteiger partial charge in [-0.15, -0.1) is 0 Å². The van der Waals surface area contributed by atoms with Crippen molar-refractivity contribution in [1.82, 2.24) is 5.32 Å². The molecule has 0 radical (unpaired) electrons. The first kappa shape index (κ1) is 28.5. The van der Waals surface area contributed by atoms with E-state index < -0.39 is 30.4 Å². The van der Waals surface area contributed by atoms with Crippen LogP contribution in [0.5, 0.6) is 0 Å². The summed E-state index contributed by atoms with van der Waals surface area (Å²) in [6, 6.07) is 21.3. The molecule has 0 saturated carbocycles. The molecular weight excluding hydrogens is 519 g/mol. The van der Waals surface area contributed by atoms with E-state index in [1.807, 2.05) is 52.0 Å². The molecule has 8 nitrogen and oxygen atoms in total. The van der Waals surface area contributed by atoms with Crippen LogP contribution in [0.3, 0.4) is 0 Å². The lowest BCUT2D eigenvalue weighted by Crippen LogP contribution is -2.41. The minimum atomic E-state index is -0.739. The van der Waals surface area contributed by atoms with Gasteiger partial charge < -0.3 is 29.8 Å². The van der Waals surface area contributed by atoms with E-state index in [4.69, 9.17) is 24.5 Å². The van der Waals surface area contributed by atoms with Crippen molar-refractivity contribution in [2.24, 2.45) is 0 Å². The maximum Gasteiger partial charge on any atom is 0.492 e. The SMILES string of the molecule is COC(=O)c1cc(N)cc(C=C(CNC(=O)OCC2c3ccccc3-c3ccccc32)B2OC(C)(C)C(C)(C)O2)c1. The van der Waals surface area contributed by atoms with E-state index in [1.54, 1.807) is 24.3 Å². The lowest BCUT2D eigenvalue weighted by molar-refractivity contribution is 0.00578. The molecule has 1 heterocycles. The molecular formula is C32H35BN2O6. The summed E-state index contributed by atoms with van der Waals surface area (Å²) in [5, 5.41) is 2.86. The van der Waals surface area contributed by atoms with E-state index >= 15 is 0 Å². The first-order valence-electron chi connectivity index (χ1n) is 13.6. The van der Waals surface area contributed by atoms with E-state index in [9.17, 15) is 9.59 Å². The van der Waals surface area contributed by atoms with E-state index in [0.717, 1.165) is 22.3 Å². The molecule has 0 spiro atoms. The van der Waals surface area contributed by atoms with Gasteiger partial charge in [0.05, 0.1) is 23.9 Å². The van der Waals surface area contributed by atoms with Gasteiger partial charge in [0.15, 0.2) is 0 Å². The summed E-state index contributed by atoms with van der Waals surface area (Å²) in [6.45, 7) is 8.13. The summed E-state index contributed by atoms with van der Waals surface area (Å²) in [7, 11) is 0.576. The summed E-state index contributed by atoms with van der Waals surface area (Å²) in [5.74, 6) is -0.545. The van der Waals surface area contributed by atoms with Gasteiger partial charge in [0, 0.05) is 18.2 Å². The van der Waals surface area contributed by atoms with Gasteiger partial charge in [-0.1, -0.05) is 54.6 Å². The van der Waals surface area contributed by atoms with Crippen LogP contribution in [0, 0.1) is 0 Å². The van der Waals surface area contributed by atoms with Gasteiger partial charge in [-0.3, -0.25) is 0 Å². The molecule has 2 aliphatic rings. The summed E-state index contributed by atoms with van der Waals surface area (Å²) < 4.78 is 23.1. The second kappa shape index (κ2) is 11.1. The fourth-order valence-electron chi connectivity index (χ4n) is 5.23. The Hall–Kier alpha value is -4.08. The Labute approximate surface area is 241 Å². The fraction of sp³-hybridized carbons (Fsp3) is 0.312. The van der Waals surface area contributed by atoms with Crippen molar-refractivity contribution in [3.63, 3.8) is 0 Å². The third kappa shape index (κ3) is 5.73. The van der Waals surface area contributed by atoms with Gasteiger partial charge in [-0.25, -0.2) is 9.59 Å². The average molecular weight is 554 g/mol. The van der Waals surface area contributed by atoms with Crippen LogP contribution in [0.1, 0.15) is 60.7 Å². The zero-order valence-electron chi connectivity index (χ0n) is 24.0. The Morgan fingerprint density at radius 3 is 2.12 bits per heavy atom. The zero-order valence-corrected chi connectivity index (χ0v) is 24.0.